The Kier molecular flexibility index (Phi) is 7.44. The van der Waals surface area contributed by atoms with Gasteiger partial charge in [0.1, 0.15) is 5.65 Å². The van der Waals surface area contributed by atoms with Gasteiger partial charge < -0.3 is 15.8 Å². The lowest BCUT2D eigenvalue weighted by Crippen LogP contribution is -2.20. The topological polar surface area (TPSA) is 95.1 Å². The number of nitrogens with zero attached hydrogens (tertiary/aromatic N) is 3. The van der Waals surface area contributed by atoms with Crippen LogP contribution in [0.4, 0.5) is 5.95 Å². The smallest absolute Gasteiger partial charge is 0.259 e. The lowest BCUT2D eigenvalue weighted by Gasteiger charge is -2.12. The summed E-state index contributed by atoms with van der Waals surface area (Å²) in [5.41, 5.74) is 6.64. The molecule has 2 heterocycles. The number of halogens is 2. The highest BCUT2D eigenvalue weighted by molar-refractivity contribution is 6.39. The molecular weight excluding hydrogens is 413 g/mol. The molecular formula is C20H23Cl2N5O2. The molecule has 0 fully saturated rings. The highest BCUT2D eigenvalue weighted by atomic mass is 35.5. The minimum absolute atomic E-state index is 0.231. The summed E-state index contributed by atoms with van der Waals surface area (Å²) in [5, 5.41) is 4.71. The summed E-state index contributed by atoms with van der Waals surface area (Å²) < 4.78 is 6.94. The van der Waals surface area contributed by atoms with Crippen LogP contribution in [0.15, 0.2) is 35.3 Å². The molecule has 2 aromatic heterocycles. The van der Waals surface area contributed by atoms with E-state index < -0.39 is 0 Å². The molecule has 0 saturated carbocycles. The van der Waals surface area contributed by atoms with Gasteiger partial charge in [-0.1, -0.05) is 29.3 Å². The number of rotatable bonds is 9. The van der Waals surface area contributed by atoms with E-state index in [0.717, 1.165) is 12.8 Å². The predicted octanol–water partition coefficient (Wildman–Crippen LogP) is 3.47. The van der Waals surface area contributed by atoms with Crippen LogP contribution in [-0.2, 0) is 11.8 Å². The Morgan fingerprint density at radius 3 is 2.66 bits per heavy atom. The first kappa shape index (κ1) is 21.5. The molecule has 3 aromatic rings. The molecule has 1 aromatic carbocycles. The number of hydrogen-bond donors (Lipinski definition) is 2. The number of anilines is 1. The zero-order valence-electron chi connectivity index (χ0n) is 16.1. The average Bonchev–Trinajstić information content (AvgIpc) is 2.71. The van der Waals surface area contributed by atoms with E-state index in [1.54, 1.807) is 37.5 Å². The van der Waals surface area contributed by atoms with E-state index in [0.29, 0.717) is 64.5 Å². The predicted molar refractivity (Wildman–Crippen MR) is 118 cm³/mol. The third-order valence-electron chi connectivity index (χ3n) is 4.42. The van der Waals surface area contributed by atoms with E-state index >= 15 is 0 Å². The fourth-order valence-electron chi connectivity index (χ4n) is 2.93. The van der Waals surface area contributed by atoms with Crippen molar-refractivity contribution in [1.82, 2.24) is 14.5 Å². The Morgan fingerprint density at radius 2 is 1.93 bits per heavy atom. The van der Waals surface area contributed by atoms with Gasteiger partial charge in [0.25, 0.3) is 5.56 Å². The van der Waals surface area contributed by atoms with Crippen molar-refractivity contribution in [2.24, 2.45) is 12.8 Å². The zero-order valence-corrected chi connectivity index (χ0v) is 17.6. The molecule has 0 amide bonds. The van der Waals surface area contributed by atoms with Gasteiger partial charge in [-0.2, -0.15) is 4.98 Å². The van der Waals surface area contributed by atoms with Crippen LogP contribution >= 0.6 is 23.2 Å². The fraction of sp³-hybridized carbons (Fsp3) is 0.350. The lowest BCUT2D eigenvalue weighted by molar-refractivity contribution is 0.133. The van der Waals surface area contributed by atoms with E-state index in [4.69, 9.17) is 33.7 Å². The van der Waals surface area contributed by atoms with Gasteiger partial charge >= 0.3 is 0 Å². The summed E-state index contributed by atoms with van der Waals surface area (Å²) in [6.07, 6.45) is 3.35. The zero-order chi connectivity index (χ0) is 20.8. The van der Waals surface area contributed by atoms with Crippen LogP contribution < -0.4 is 16.6 Å². The monoisotopic (exact) mass is 435 g/mol. The first-order valence-corrected chi connectivity index (χ1v) is 10.1. The lowest BCUT2D eigenvalue weighted by atomic mass is 10.1. The number of ether oxygens (including phenoxy) is 1. The standard InChI is InChI=1S/C20H23Cl2N5O2/c1-27-18-13(11-14(19(27)28)17-15(21)5-2-6-16(17)22)12-25-20(26-18)24-8-4-10-29-9-3-7-23/h2,5-6,11-12H,3-4,7-10,23H2,1H3,(H,24,25,26). The highest BCUT2D eigenvalue weighted by Crippen LogP contribution is 2.33. The number of benzene rings is 1. The van der Waals surface area contributed by atoms with E-state index in [-0.39, 0.29) is 5.56 Å². The second-order valence-electron chi connectivity index (χ2n) is 6.53. The minimum atomic E-state index is -0.231. The number of hydrogen-bond acceptors (Lipinski definition) is 6. The molecule has 7 nitrogen and oxygen atoms in total. The summed E-state index contributed by atoms with van der Waals surface area (Å²) in [6, 6.07) is 6.87. The quantitative estimate of drug-likeness (QED) is 0.499. The molecule has 3 N–H and O–H groups in total. The van der Waals surface area contributed by atoms with E-state index in [1.807, 2.05) is 0 Å². The summed E-state index contributed by atoms with van der Waals surface area (Å²) in [5.74, 6) is 0.456. The van der Waals surface area contributed by atoms with Crippen LogP contribution in [0.5, 0.6) is 0 Å². The van der Waals surface area contributed by atoms with Crippen LogP contribution in [0.25, 0.3) is 22.2 Å². The minimum Gasteiger partial charge on any atom is -0.381 e. The van der Waals surface area contributed by atoms with Gasteiger partial charge in [0, 0.05) is 44.0 Å². The van der Waals surface area contributed by atoms with Gasteiger partial charge in [0.2, 0.25) is 5.95 Å². The first-order chi connectivity index (χ1) is 14.0. The number of pyridine rings is 1. The van der Waals surface area contributed by atoms with Crippen molar-refractivity contribution < 1.29 is 4.74 Å². The molecule has 0 saturated heterocycles. The summed E-state index contributed by atoms with van der Waals surface area (Å²) in [4.78, 5) is 21.7. The average molecular weight is 436 g/mol. The van der Waals surface area contributed by atoms with Crippen LogP contribution in [-0.4, -0.2) is 40.8 Å². The third kappa shape index (κ3) is 5.05. The molecule has 29 heavy (non-hydrogen) atoms. The van der Waals surface area contributed by atoms with Gasteiger partial charge in [-0.05, 0) is 37.6 Å². The SMILES string of the molecule is Cn1c(=O)c(-c2c(Cl)cccc2Cl)cc2cnc(NCCCOCCCN)nc21. The third-order valence-corrected chi connectivity index (χ3v) is 5.05. The Balaban J connectivity index is 1.80. The van der Waals surface area contributed by atoms with Crippen molar-refractivity contribution in [3.8, 4) is 11.1 Å². The summed E-state index contributed by atoms with van der Waals surface area (Å²) in [7, 11) is 1.67. The molecule has 0 bridgehead atoms. The van der Waals surface area contributed by atoms with Gasteiger partial charge in [-0.15, -0.1) is 0 Å². The van der Waals surface area contributed by atoms with Crippen molar-refractivity contribution in [2.45, 2.75) is 12.8 Å². The molecule has 0 atom stereocenters. The highest BCUT2D eigenvalue weighted by Gasteiger charge is 2.16. The van der Waals surface area contributed by atoms with Crippen LogP contribution in [0.1, 0.15) is 12.8 Å². The maximum absolute atomic E-state index is 12.9. The molecule has 0 aliphatic heterocycles. The van der Waals surface area contributed by atoms with Crippen molar-refractivity contribution >= 4 is 40.2 Å². The Hall–Kier alpha value is -2.19. The van der Waals surface area contributed by atoms with Crippen LogP contribution in [0.2, 0.25) is 10.0 Å². The van der Waals surface area contributed by atoms with E-state index in [1.165, 1.54) is 4.57 Å². The Bertz CT molecular complexity index is 1030. The van der Waals surface area contributed by atoms with E-state index in [9.17, 15) is 4.79 Å². The van der Waals surface area contributed by atoms with Gasteiger partial charge in [0.05, 0.1) is 15.6 Å². The maximum atomic E-state index is 12.9. The van der Waals surface area contributed by atoms with Crippen molar-refractivity contribution in [1.29, 1.82) is 0 Å². The van der Waals surface area contributed by atoms with Crippen LogP contribution in [0.3, 0.4) is 0 Å². The molecule has 0 aliphatic rings. The molecule has 9 heteroatoms. The molecule has 0 radical (unpaired) electrons. The van der Waals surface area contributed by atoms with Crippen molar-refractivity contribution in [3.05, 3.63) is 50.9 Å². The number of aryl methyl sites for hydroxylation is 1. The molecule has 0 unspecified atom stereocenters. The number of aromatic nitrogens is 3. The first-order valence-electron chi connectivity index (χ1n) is 9.35. The number of nitrogens with two attached hydrogens (primary N) is 1. The number of fused-ring (bicyclic) bond motifs is 1. The van der Waals surface area contributed by atoms with Gasteiger partial charge in [0.15, 0.2) is 0 Å². The van der Waals surface area contributed by atoms with Crippen molar-refractivity contribution in [2.75, 3.05) is 31.6 Å². The molecule has 3 rings (SSSR count). The fourth-order valence-corrected chi connectivity index (χ4v) is 3.53. The van der Waals surface area contributed by atoms with Gasteiger partial charge in [-0.3, -0.25) is 9.36 Å². The number of nitrogens with one attached hydrogen (secondary N) is 1. The summed E-state index contributed by atoms with van der Waals surface area (Å²) in [6.45, 7) is 2.60. The maximum Gasteiger partial charge on any atom is 0.259 e. The van der Waals surface area contributed by atoms with Gasteiger partial charge in [-0.25, -0.2) is 4.98 Å². The van der Waals surface area contributed by atoms with Crippen LogP contribution in [0, 0.1) is 0 Å². The summed E-state index contributed by atoms with van der Waals surface area (Å²) >= 11 is 12.6. The largest absolute Gasteiger partial charge is 0.381 e. The second-order valence-corrected chi connectivity index (χ2v) is 7.34. The normalized spacial score (nSPS) is 11.2. The van der Waals surface area contributed by atoms with E-state index in [2.05, 4.69) is 15.3 Å². The molecule has 0 spiro atoms. The van der Waals surface area contributed by atoms with Crippen molar-refractivity contribution in [3.63, 3.8) is 0 Å². The second kappa shape index (κ2) is 10.0. The Labute approximate surface area is 178 Å². The Morgan fingerprint density at radius 1 is 1.21 bits per heavy atom. The molecule has 154 valence electrons. The molecule has 0 aliphatic carbocycles.